The van der Waals surface area contributed by atoms with Gasteiger partial charge in [0.15, 0.2) is 0 Å². The first-order chi connectivity index (χ1) is 10.0. The Morgan fingerprint density at radius 1 is 1.19 bits per heavy atom. The molecule has 5 heteroatoms. The monoisotopic (exact) mass is 303 g/mol. The second-order valence-electron chi connectivity index (χ2n) is 5.46. The number of rotatable bonds is 2. The Balaban J connectivity index is 1.99. The normalized spacial score (nSPS) is 21.8. The van der Waals surface area contributed by atoms with Crippen LogP contribution < -0.4 is 4.90 Å². The molecule has 4 nitrogen and oxygen atoms in total. The third kappa shape index (κ3) is 2.87. The summed E-state index contributed by atoms with van der Waals surface area (Å²) in [5.41, 5.74) is 1.99. The summed E-state index contributed by atoms with van der Waals surface area (Å²) < 4.78 is 0. The molecule has 0 amide bonds. The molecule has 1 aliphatic heterocycles. The van der Waals surface area contributed by atoms with Gasteiger partial charge < -0.3 is 10.0 Å². The fourth-order valence-electron chi connectivity index (χ4n) is 2.94. The lowest BCUT2D eigenvalue weighted by Gasteiger charge is -2.28. The number of halogens is 1. The summed E-state index contributed by atoms with van der Waals surface area (Å²) in [4.78, 5) is 11.0. The molecule has 0 unspecified atom stereocenters. The van der Waals surface area contributed by atoms with Crippen LogP contribution in [0.25, 0.3) is 0 Å². The minimum Gasteiger partial charge on any atom is -0.391 e. The third-order valence-electron chi connectivity index (χ3n) is 3.82. The number of nitrogens with zero attached hydrogens (tertiary/aromatic N) is 3. The molecule has 0 aliphatic carbocycles. The van der Waals surface area contributed by atoms with Gasteiger partial charge in [-0.1, -0.05) is 23.7 Å². The average Bonchev–Trinajstić information content (AvgIpc) is 2.80. The van der Waals surface area contributed by atoms with Crippen LogP contribution in [-0.4, -0.2) is 27.7 Å². The molecule has 110 valence electrons. The molecule has 0 bridgehead atoms. The van der Waals surface area contributed by atoms with Crippen molar-refractivity contribution in [2.45, 2.75) is 32.4 Å². The first kappa shape index (κ1) is 14.3. The standard InChI is InChI=1S/C16H18ClN3O/c1-10-9-15(19-11(2)18-10)20-8-7-14(21)16(20)12-3-5-13(17)6-4-12/h3-6,9,14,16,21H,7-8H2,1-2H3/t14-,16-/m1/s1. The first-order valence-electron chi connectivity index (χ1n) is 7.07. The highest BCUT2D eigenvalue weighted by atomic mass is 35.5. The summed E-state index contributed by atoms with van der Waals surface area (Å²) in [7, 11) is 0. The van der Waals surface area contributed by atoms with Crippen LogP contribution in [0.1, 0.15) is 29.5 Å². The number of hydrogen-bond acceptors (Lipinski definition) is 4. The van der Waals surface area contributed by atoms with Gasteiger partial charge in [-0.05, 0) is 38.0 Å². The lowest BCUT2D eigenvalue weighted by Crippen LogP contribution is -2.28. The van der Waals surface area contributed by atoms with Gasteiger partial charge in [0.2, 0.25) is 0 Å². The molecule has 1 aromatic heterocycles. The molecule has 0 radical (unpaired) electrons. The Labute approximate surface area is 129 Å². The van der Waals surface area contributed by atoms with Crippen molar-refractivity contribution in [3.63, 3.8) is 0 Å². The molecule has 0 saturated carbocycles. The van der Waals surface area contributed by atoms with Crippen LogP contribution in [0.4, 0.5) is 5.82 Å². The van der Waals surface area contributed by atoms with E-state index in [9.17, 15) is 5.11 Å². The molecule has 2 atom stereocenters. The van der Waals surface area contributed by atoms with Gasteiger partial charge in [0.25, 0.3) is 0 Å². The second kappa shape index (κ2) is 5.62. The van der Waals surface area contributed by atoms with E-state index in [0.29, 0.717) is 5.02 Å². The lowest BCUT2D eigenvalue weighted by molar-refractivity contribution is 0.165. The number of hydrogen-bond donors (Lipinski definition) is 1. The maximum Gasteiger partial charge on any atom is 0.133 e. The second-order valence-corrected chi connectivity index (χ2v) is 5.90. The van der Waals surface area contributed by atoms with Gasteiger partial charge >= 0.3 is 0 Å². The van der Waals surface area contributed by atoms with Crippen molar-refractivity contribution in [2.75, 3.05) is 11.4 Å². The van der Waals surface area contributed by atoms with Crippen LogP contribution in [0.5, 0.6) is 0 Å². The average molecular weight is 304 g/mol. The van der Waals surface area contributed by atoms with Crippen LogP contribution >= 0.6 is 11.6 Å². The summed E-state index contributed by atoms with van der Waals surface area (Å²) in [6, 6.07) is 9.53. The van der Waals surface area contributed by atoms with Crippen LogP contribution in [0.2, 0.25) is 5.02 Å². The number of aryl methyl sites for hydroxylation is 2. The topological polar surface area (TPSA) is 49.2 Å². The van der Waals surface area contributed by atoms with E-state index in [1.807, 2.05) is 44.2 Å². The van der Waals surface area contributed by atoms with Crippen molar-refractivity contribution in [3.05, 3.63) is 52.4 Å². The largest absolute Gasteiger partial charge is 0.391 e. The maximum atomic E-state index is 10.4. The molecule has 1 N–H and O–H groups in total. The van der Waals surface area contributed by atoms with E-state index < -0.39 is 6.10 Å². The van der Waals surface area contributed by atoms with Crippen molar-refractivity contribution in [1.29, 1.82) is 0 Å². The summed E-state index contributed by atoms with van der Waals surface area (Å²) >= 11 is 5.95. The molecular weight excluding hydrogens is 286 g/mol. The van der Waals surface area contributed by atoms with E-state index in [4.69, 9.17) is 11.6 Å². The van der Waals surface area contributed by atoms with Crippen molar-refractivity contribution >= 4 is 17.4 Å². The van der Waals surface area contributed by atoms with E-state index in [1.165, 1.54) is 0 Å². The molecular formula is C16H18ClN3O. The SMILES string of the molecule is Cc1cc(N2CC[C@@H](O)[C@H]2c2ccc(Cl)cc2)nc(C)n1. The van der Waals surface area contributed by atoms with Crippen LogP contribution in [-0.2, 0) is 0 Å². The van der Waals surface area contributed by atoms with Gasteiger partial charge in [-0.15, -0.1) is 0 Å². The summed E-state index contributed by atoms with van der Waals surface area (Å²) in [5, 5.41) is 11.1. The van der Waals surface area contributed by atoms with Crippen molar-refractivity contribution in [2.24, 2.45) is 0 Å². The van der Waals surface area contributed by atoms with Crippen LogP contribution in [0, 0.1) is 13.8 Å². The van der Waals surface area contributed by atoms with Crippen molar-refractivity contribution in [1.82, 2.24) is 9.97 Å². The van der Waals surface area contributed by atoms with Gasteiger partial charge in [-0.3, -0.25) is 0 Å². The predicted octanol–water partition coefficient (Wildman–Crippen LogP) is 3.06. The van der Waals surface area contributed by atoms with Gasteiger partial charge in [-0.2, -0.15) is 0 Å². The van der Waals surface area contributed by atoms with Gasteiger partial charge in [0.05, 0.1) is 12.1 Å². The van der Waals surface area contributed by atoms with Gasteiger partial charge in [-0.25, -0.2) is 9.97 Å². The highest BCUT2D eigenvalue weighted by Crippen LogP contribution is 2.36. The zero-order valence-corrected chi connectivity index (χ0v) is 12.9. The number of anilines is 1. The molecule has 21 heavy (non-hydrogen) atoms. The van der Waals surface area contributed by atoms with Gasteiger partial charge in [0.1, 0.15) is 11.6 Å². The maximum absolute atomic E-state index is 10.4. The highest BCUT2D eigenvalue weighted by Gasteiger charge is 2.35. The molecule has 1 saturated heterocycles. The Morgan fingerprint density at radius 3 is 2.57 bits per heavy atom. The highest BCUT2D eigenvalue weighted by molar-refractivity contribution is 6.30. The molecule has 0 spiro atoms. The Morgan fingerprint density at radius 2 is 1.90 bits per heavy atom. The molecule has 2 heterocycles. The zero-order chi connectivity index (χ0) is 15.0. The summed E-state index contributed by atoms with van der Waals surface area (Å²) in [6.45, 7) is 4.63. The fourth-order valence-corrected chi connectivity index (χ4v) is 3.07. The molecule has 1 aromatic carbocycles. The molecule has 1 fully saturated rings. The van der Waals surface area contributed by atoms with E-state index in [0.717, 1.165) is 35.9 Å². The first-order valence-corrected chi connectivity index (χ1v) is 7.45. The number of benzene rings is 1. The Hall–Kier alpha value is -1.65. The molecule has 1 aliphatic rings. The van der Waals surface area contributed by atoms with E-state index in [2.05, 4.69) is 14.9 Å². The quantitative estimate of drug-likeness (QED) is 0.926. The Bertz CT molecular complexity index is 624. The fraction of sp³-hybridized carbons (Fsp3) is 0.375. The third-order valence-corrected chi connectivity index (χ3v) is 4.08. The minimum absolute atomic E-state index is 0.0871. The molecule has 3 rings (SSSR count). The van der Waals surface area contributed by atoms with E-state index in [1.54, 1.807) is 0 Å². The van der Waals surface area contributed by atoms with E-state index in [-0.39, 0.29) is 6.04 Å². The Kier molecular flexibility index (Phi) is 3.83. The smallest absolute Gasteiger partial charge is 0.133 e. The summed E-state index contributed by atoms with van der Waals surface area (Å²) in [6.07, 6.45) is 0.330. The number of aromatic nitrogens is 2. The summed E-state index contributed by atoms with van der Waals surface area (Å²) in [5.74, 6) is 1.62. The van der Waals surface area contributed by atoms with Crippen molar-refractivity contribution in [3.8, 4) is 0 Å². The van der Waals surface area contributed by atoms with Crippen LogP contribution in [0.15, 0.2) is 30.3 Å². The number of aliphatic hydroxyl groups excluding tert-OH is 1. The van der Waals surface area contributed by atoms with E-state index >= 15 is 0 Å². The zero-order valence-electron chi connectivity index (χ0n) is 12.1. The lowest BCUT2D eigenvalue weighted by atomic mass is 10.0. The minimum atomic E-state index is -0.401. The molecule has 2 aromatic rings. The van der Waals surface area contributed by atoms with Gasteiger partial charge in [0, 0.05) is 23.3 Å². The van der Waals surface area contributed by atoms with Crippen molar-refractivity contribution < 1.29 is 5.11 Å². The predicted molar refractivity (Wildman–Crippen MR) is 83.7 cm³/mol. The van der Waals surface area contributed by atoms with Crippen LogP contribution in [0.3, 0.4) is 0 Å². The number of aliphatic hydroxyl groups is 1.